The molecule has 26 heavy (non-hydrogen) atoms. The van der Waals surface area contributed by atoms with E-state index in [1.54, 1.807) is 6.07 Å². The van der Waals surface area contributed by atoms with Crippen molar-refractivity contribution in [1.29, 1.82) is 0 Å². The van der Waals surface area contributed by atoms with Crippen molar-refractivity contribution in [3.8, 4) is 0 Å². The van der Waals surface area contributed by atoms with E-state index in [1.807, 2.05) is 18.2 Å². The van der Waals surface area contributed by atoms with Crippen molar-refractivity contribution in [2.75, 3.05) is 0 Å². The maximum Gasteiger partial charge on any atom is 0.252 e. The van der Waals surface area contributed by atoms with Gasteiger partial charge in [0.2, 0.25) is 0 Å². The normalized spacial score (nSPS) is 23.5. The number of halogens is 2. The molecule has 2 bridgehead atoms. The average Bonchev–Trinajstić information content (AvgIpc) is 3.32. The Morgan fingerprint density at radius 2 is 2.04 bits per heavy atom. The Balaban J connectivity index is 1.69. The number of carbonyl (C=O) groups is 1. The molecule has 3 aromatic rings. The lowest BCUT2D eigenvalue weighted by Gasteiger charge is -2.22. The monoisotopic (exact) mass is 367 g/mol. The van der Waals surface area contributed by atoms with Gasteiger partial charge in [0.05, 0.1) is 23.1 Å². The van der Waals surface area contributed by atoms with Crippen molar-refractivity contribution in [2.45, 2.75) is 37.3 Å². The number of amides is 1. The Bertz CT molecular complexity index is 1120. The van der Waals surface area contributed by atoms with Crippen LogP contribution < -0.4 is 5.32 Å². The summed E-state index contributed by atoms with van der Waals surface area (Å²) >= 11 is 6.22. The molecule has 130 valence electrons. The van der Waals surface area contributed by atoms with Crippen molar-refractivity contribution >= 4 is 28.5 Å². The first-order valence-electron chi connectivity index (χ1n) is 8.92. The molecule has 1 fully saturated rings. The smallest absolute Gasteiger partial charge is 0.252 e. The van der Waals surface area contributed by atoms with Crippen LogP contribution >= 0.6 is 11.6 Å². The number of aromatic nitrogens is 2. The third-order valence-corrected chi connectivity index (χ3v) is 6.10. The van der Waals surface area contributed by atoms with Gasteiger partial charge in [0, 0.05) is 10.6 Å². The highest BCUT2D eigenvalue weighted by molar-refractivity contribution is 6.31. The highest BCUT2D eigenvalue weighted by Crippen LogP contribution is 2.51. The second-order valence-corrected chi connectivity index (χ2v) is 7.88. The van der Waals surface area contributed by atoms with Crippen molar-refractivity contribution in [3.63, 3.8) is 0 Å². The van der Waals surface area contributed by atoms with Crippen LogP contribution in [-0.2, 0) is 0 Å². The largest absolute Gasteiger partial charge is 0.342 e. The summed E-state index contributed by atoms with van der Waals surface area (Å²) < 4.78 is 16.9. The molecule has 3 aliphatic rings. The lowest BCUT2D eigenvalue weighted by Crippen LogP contribution is -2.28. The highest BCUT2D eigenvalue weighted by Gasteiger charge is 2.44. The van der Waals surface area contributed by atoms with Gasteiger partial charge in [-0.25, -0.2) is 9.37 Å². The van der Waals surface area contributed by atoms with Gasteiger partial charge in [0.1, 0.15) is 11.6 Å². The third kappa shape index (κ3) is 1.84. The maximum atomic E-state index is 14.8. The van der Waals surface area contributed by atoms with E-state index in [-0.39, 0.29) is 29.7 Å². The number of nitrogens with zero attached hydrogens (tertiary/aromatic N) is 2. The zero-order chi connectivity index (χ0) is 17.6. The molecule has 1 saturated carbocycles. The number of carbonyl (C=O) groups excluding carboxylic acids is 1. The lowest BCUT2D eigenvalue weighted by atomic mass is 9.90. The Hall–Kier alpha value is -2.40. The topological polar surface area (TPSA) is 46.9 Å². The van der Waals surface area contributed by atoms with E-state index in [0.717, 1.165) is 40.8 Å². The summed E-state index contributed by atoms with van der Waals surface area (Å²) in [5.74, 6) is 0.716. The molecule has 0 spiro atoms. The minimum atomic E-state index is -0.201. The van der Waals surface area contributed by atoms with Gasteiger partial charge < -0.3 is 9.88 Å². The van der Waals surface area contributed by atoms with Crippen LogP contribution in [0.2, 0.25) is 5.02 Å². The summed E-state index contributed by atoms with van der Waals surface area (Å²) in [6.07, 6.45) is 2.66. The van der Waals surface area contributed by atoms with Crippen LogP contribution in [0, 0.1) is 5.82 Å². The van der Waals surface area contributed by atoms with Crippen molar-refractivity contribution < 1.29 is 9.18 Å². The van der Waals surface area contributed by atoms with E-state index in [1.165, 1.54) is 6.07 Å². The molecule has 1 N–H and O–H groups in total. The molecule has 6 rings (SSSR count). The van der Waals surface area contributed by atoms with Crippen molar-refractivity contribution in [2.24, 2.45) is 0 Å². The van der Waals surface area contributed by atoms with Crippen LogP contribution in [0.1, 0.15) is 64.6 Å². The Morgan fingerprint density at radius 1 is 1.19 bits per heavy atom. The van der Waals surface area contributed by atoms with Crippen LogP contribution in [0.15, 0.2) is 30.3 Å². The molecule has 1 amide bonds. The fraction of sp³-hybridized carbons (Fsp3) is 0.300. The van der Waals surface area contributed by atoms with E-state index in [9.17, 15) is 9.18 Å². The van der Waals surface area contributed by atoms with Crippen LogP contribution in [0.25, 0.3) is 11.0 Å². The van der Waals surface area contributed by atoms with Gasteiger partial charge in [-0.2, -0.15) is 0 Å². The number of imidazole rings is 1. The van der Waals surface area contributed by atoms with E-state index >= 15 is 0 Å². The van der Waals surface area contributed by atoms with Gasteiger partial charge in [0.15, 0.2) is 0 Å². The second kappa shape index (κ2) is 4.86. The zero-order valence-electron chi connectivity index (χ0n) is 13.8. The molecule has 2 aliphatic heterocycles. The summed E-state index contributed by atoms with van der Waals surface area (Å²) in [5.41, 5.74) is 3.94. The van der Waals surface area contributed by atoms with Gasteiger partial charge in [0.25, 0.3) is 5.91 Å². The first-order chi connectivity index (χ1) is 12.6. The standard InChI is InChI=1S/C20H15ClFN3O/c21-10-3-6-13-15(7-10)25-16-8-14(19(25)23-13)24-20(26)11-4-5-12(22)17(18(11)16)9-1-2-9/h3-7,9,14,16H,1-2,8H2,(H,24,26)/t14-,16-/m1/s1. The quantitative estimate of drug-likeness (QED) is 0.689. The summed E-state index contributed by atoms with van der Waals surface area (Å²) in [4.78, 5) is 17.5. The molecule has 4 nitrogen and oxygen atoms in total. The first-order valence-corrected chi connectivity index (χ1v) is 9.30. The summed E-state index contributed by atoms with van der Waals surface area (Å²) in [5, 5.41) is 3.73. The number of hydrogen-bond donors (Lipinski definition) is 1. The van der Waals surface area contributed by atoms with Crippen molar-refractivity contribution in [3.05, 3.63) is 63.7 Å². The van der Waals surface area contributed by atoms with Crippen LogP contribution in [-0.4, -0.2) is 15.5 Å². The number of hydrogen-bond acceptors (Lipinski definition) is 2. The Morgan fingerprint density at radius 3 is 2.85 bits per heavy atom. The zero-order valence-corrected chi connectivity index (χ0v) is 14.6. The van der Waals surface area contributed by atoms with Crippen LogP contribution in [0.5, 0.6) is 0 Å². The first kappa shape index (κ1) is 14.7. The molecule has 2 atom stereocenters. The minimum absolute atomic E-state index is 0.0984. The number of benzene rings is 2. The fourth-order valence-electron chi connectivity index (χ4n) is 4.65. The van der Waals surface area contributed by atoms with Gasteiger partial charge >= 0.3 is 0 Å². The van der Waals surface area contributed by atoms with Gasteiger partial charge in [-0.1, -0.05) is 11.6 Å². The second-order valence-electron chi connectivity index (χ2n) is 7.45. The van der Waals surface area contributed by atoms with E-state index < -0.39 is 0 Å². The molecule has 1 aromatic heterocycles. The summed E-state index contributed by atoms with van der Waals surface area (Å²) in [7, 11) is 0. The van der Waals surface area contributed by atoms with Crippen LogP contribution in [0.4, 0.5) is 4.39 Å². The van der Waals surface area contributed by atoms with E-state index in [2.05, 4.69) is 9.88 Å². The van der Waals surface area contributed by atoms with Gasteiger partial charge in [-0.3, -0.25) is 4.79 Å². The SMILES string of the molecule is O=C1N[C@@H]2C[C@H](c3c1ccc(F)c3C1CC1)n1c2nc2ccc(Cl)cc21. The molecule has 1 aliphatic carbocycles. The average molecular weight is 368 g/mol. The maximum absolute atomic E-state index is 14.8. The highest BCUT2D eigenvalue weighted by atomic mass is 35.5. The molecule has 0 saturated heterocycles. The molecular weight excluding hydrogens is 353 g/mol. The fourth-order valence-corrected chi connectivity index (χ4v) is 4.82. The van der Waals surface area contributed by atoms with Crippen LogP contribution in [0.3, 0.4) is 0 Å². The predicted molar refractivity (Wildman–Crippen MR) is 96.1 cm³/mol. The number of fused-ring (bicyclic) bond motifs is 9. The van der Waals surface area contributed by atoms with E-state index in [4.69, 9.17) is 16.6 Å². The molecule has 6 heteroatoms. The van der Waals surface area contributed by atoms with Gasteiger partial charge in [-0.05, 0) is 66.6 Å². The molecular formula is C20H15ClFN3O. The summed E-state index contributed by atoms with van der Waals surface area (Å²) in [6, 6.07) is 8.41. The Kier molecular flexibility index (Phi) is 2.75. The summed E-state index contributed by atoms with van der Waals surface area (Å²) in [6.45, 7) is 0. The lowest BCUT2D eigenvalue weighted by molar-refractivity contribution is 0.0938. The number of rotatable bonds is 1. The Labute approximate surface area is 154 Å². The predicted octanol–water partition coefficient (Wildman–Crippen LogP) is 4.48. The molecule has 0 radical (unpaired) electrons. The molecule has 0 unspecified atom stereocenters. The molecule has 2 aromatic carbocycles. The van der Waals surface area contributed by atoms with Crippen molar-refractivity contribution in [1.82, 2.24) is 14.9 Å². The van der Waals surface area contributed by atoms with E-state index in [0.29, 0.717) is 17.0 Å². The number of nitrogens with one attached hydrogen (secondary N) is 1. The third-order valence-electron chi connectivity index (χ3n) is 5.86. The minimum Gasteiger partial charge on any atom is -0.342 e. The van der Waals surface area contributed by atoms with Gasteiger partial charge in [-0.15, -0.1) is 0 Å². The molecule has 3 heterocycles.